The standard InChI is InChI=1S/C15H14INO2/c1-11(19-14-5-3-2-4-6-14)15(18)17-13-9-7-12(16)8-10-13/h2-11H,1H3,(H,17,18)/t11-/m1/s1. The van der Waals surface area contributed by atoms with Gasteiger partial charge in [0.1, 0.15) is 5.75 Å². The maximum absolute atomic E-state index is 12.0. The number of amides is 1. The number of carbonyl (C=O) groups is 1. The van der Waals surface area contributed by atoms with Gasteiger partial charge < -0.3 is 10.1 Å². The zero-order valence-electron chi connectivity index (χ0n) is 10.5. The van der Waals surface area contributed by atoms with Crippen molar-refractivity contribution in [2.75, 3.05) is 5.32 Å². The molecule has 0 unspecified atom stereocenters. The molecule has 0 heterocycles. The Morgan fingerprint density at radius 3 is 2.37 bits per heavy atom. The van der Waals surface area contributed by atoms with E-state index >= 15 is 0 Å². The summed E-state index contributed by atoms with van der Waals surface area (Å²) >= 11 is 2.22. The van der Waals surface area contributed by atoms with Crippen molar-refractivity contribution in [1.29, 1.82) is 0 Å². The van der Waals surface area contributed by atoms with Gasteiger partial charge >= 0.3 is 0 Å². The lowest BCUT2D eigenvalue weighted by Gasteiger charge is -2.14. The van der Waals surface area contributed by atoms with Gasteiger partial charge in [-0.2, -0.15) is 0 Å². The van der Waals surface area contributed by atoms with Gasteiger partial charge in [0.25, 0.3) is 5.91 Å². The van der Waals surface area contributed by atoms with Crippen molar-refractivity contribution in [2.45, 2.75) is 13.0 Å². The lowest BCUT2D eigenvalue weighted by atomic mass is 10.3. The van der Waals surface area contributed by atoms with Gasteiger partial charge in [0.2, 0.25) is 0 Å². The second-order valence-electron chi connectivity index (χ2n) is 4.07. The highest BCUT2D eigenvalue weighted by Crippen LogP contribution is 2.14. The predicted octanol–water partition coefficient (Wildman–Crippen LogP) is 3.70. The normalized spacial score (nSPS) is 11.7. The van der Waals surface area contributed by atoms with E-state index in [1.807, 2.05) is 54.6 Å². The molecule has 0 fully saturated rings. The second kappa shape index (κ2) is 6.56. The van der Waals surface area contributed by atoms with Crippen LogP contribution in [0.4, 0.5) is 5.69 Å². The SMILES string of the molecule is C[C@@H](Oc1ccccc1)C(=O)Nc1ccc(I)cc1. The van der Waals surface area contributed by atoms with E-state index < -0.39 is 6.10 Å². The highest BCUT2D eigenvalue weighted by Gasteiger charge is 2.14. The minimum atomic E-state index is -0.540. The van der Waals surface area contributed by atoms with E-state index in [0.29, 0.717) is 5.75 Å². The van der Waals surface area contributed by atoms with Gasteiger partial charge in [-0.3, -0.25) is 4.79 Å². The molecular weight excluding hydrogens is 353 g/mol. The van der Waals surface area contributed by atoms with Gasteiger partial charge in [0, 0.05) is 9.26 Å². The fourth-order valence-corrected chi connectivity index (χ4v) is 1.89. The summed E-state index contributed by atoms with van der Waals surface area (Å²) in [5, 5.41) is 2.82. The molecule has 0 aliphatic heterocycles. The quantitative estimate of drug-likeness (QED) is 0.837. The molecule has 1 N–H and O–H groups in total. The molecule has 0 aliphatic carbocycles. The Labute approximate surface area is 126 Å². The summed E-state index contributed by atoms with van der Waals surface area (Å²) in [6, 6.07) is 16.9. The maximum Gasteiger partial charge on any atom is 0.265 e. The number of halogens is 1. The van der Waals surface area contributed by atoms with E-state index in [4.69, 9.17) is 4.74 Å². The fourth-order valence-electron chi connectivity index (χ4n) is 1.53. The van der Waals surface area contributed by atoms with Crippen molar-refractivity contribution in [3.05, 3.63) is 58.2 Å². The molecule has 0 aromatic heterocycles. The molecule has 0 bridgehead atoms. The summed E-state index contributed by atoms with van der Waals surface area (Å²) < 4.78 is 6.69. The zero-order chi connectivity index (χ0) is 13.7. The minimum Gasteiger partial charge on any atom is -0.481 e. The first-order chi connectivity index (χ1) is 9.15. The molecule has 0 aliphatic rings. The monoisotopic (exact) mass is 367 g/mol. The molecule has 19 heavy (non-hydrogen) atoms. The Kier molecular flexibility index (Phi) is 4.79. The summed E-state index contributed by atoms with van der Waals surface area (Å²) in [4.78, 5) is 12.0. The first kappa shape index (κ1) is 13.9. The topological polar surface area (TPSA) is 38.3 Å². The number of carbonyl (C=O) groups excluding carboxylic acids is 1. The number of rotatable bonds is 4. The third-order valence-corrected chi connectivity index (χ3v) is 3.26. The van der Waals surface area contributed by atoms with E-state index in [2.05, 4.69) is 27.9 Å². The number of para-hydroxylation sites is 1. The summed E-state index contributed by atoms with van der Waals surface area (Å²) in [6.45, 7) is 1.73. The van der Waals surface area contributed by atoms with Crippen LogP contribution >= 0.6 is 22.6 Å². The third kappa shape index (κ3) is 4.24. The molecule has 0 saturated carbocycles. The Morgan fingerprint density at radius 2 is 1.74 bits per heavy atom. The molecule has 0 saturated heterocycles. The minimum absolute atomic E-state index is 0.162. The molecule has 0 radical (unpaired) electrons. The van der Waals surface area contributed by atoms with Gasteiger partial charge in [-0.05, 0) is 65.9 Å². The molecule has 2 aromatic carbocycles. The Balaban J connectivity index is 1.94. The lowest BCUT2D eigenvalue weighted by Crippen LogP contribution is -2.30. The van der Waals surface area contributed by atoms with Crippen LogP contribution in [-0.2, 0) is 4.79 Å². The smallest absolute Gasteiger partial charge is 0.265 e. The number of hydrogen-bond acceptors (Lipinski definition) is 2. The number of anilines is 1. The molecule has 1 amide bonds. The summed E-state index contributed by atoms with van der Waals surface area (Å²) in [5.41, 5.74) is 0.772. The van der Waals surface area contributed by atoms with Crippen molar-refractivity contribution in [3.63, 3.8) is 0 Å². The summed E-state index contributed by atoms with van der Waals surface area (Å²) in [6.07, 6.45) is -0.540. The molecule has 4 heteroatoms. The molecule has 0 spiro atoms. The van der Waals surface area contributed by atoms with E-state index in [1.54, 1.807) is 6.92 Å². The zero-order valence-corrected chi connectivity index (χ0v) is 12.6. The molecule has 2 rings (SSSR count). The van der Waals surface area contributed by atoms with E-state index in [9.17, 15) is 4.79 Å². The van der Waals surface area contributed by atoms with Crippen molar-refractivity contribution < 1.29 is 9.53 Å². The lowest BCUT2D eigenvalue weighted by molar-refractivity contribution is -0.122. The van der Waals surface area contributed by atoms with Crippen LogP contribution in [-0.4, -0.2) is 12.0 Å². The summed E-state index contributed by atoms with van der Waals surface area (Å²) in [7, 11) is 0. The molecule has 98 valence electrons. The van der Waals surface area contributed by atoms with Gasteiger partial charge in [0.05, 0.1) is 0 Å². The number of ether oxygens (including phenoxy) is 1. The van der Waals surface area contributed by atoms with Crippen LogP contribution in [0.5, 0.6) is 5.75 Å². The van der Waals surface area contributed by atoms with Crippen molar-refractivity contribution >= 4 is 34.2 Å². The molecular formula is C15H14INO2. The van der Waals surface area contributed by atoms with Crippen LogP contribution in [0.25, 0.3) is 0 Å². The molecule has 3 nitrogen and oxygen atoms in total. The number of hydrogen-bond donors (Lipinski definition) is 1. The van der Waals surface area contributed by atoms with Crippen molar-refractivity contribution in [1.82, 2.24) is 0 Å². The molecule has 1 atom stereocenters. The second-order valence-corrected chi connectivity index (χ2v) is 5.31. The van der Waals surface area contributed by atoms with Gasteiger partial charge in [0.15, 0.2) is 6.10 Å². The number of benzene rings is 2. The van der Waals surface area contributed by atoms with E-state index in [0.717, 1.165) is 9.26 Å². The first-order valence-corrected chi connectivity index (χ1v) is 7.01. The highest BCUT2D eigenvalue weighted by atomic mass is 127. The van der Waals surface area contributed by atoms with Crippen molar-refractivity contribution in [2.24, 2.45) is 0 Å². The van der Waals surface area contributed by atoms with Gasteiger partial charge in [-0.1, -0.05) is 18.2 Å². The first-order valence-electron chi connectivity index (χ1n) is 5.93. The van der Waals surface area contributed by atoms with Crippen LogP contribution in [0.15, 0.2) is 54.6 Å². The van der Waals surface area contributed by atoms with Crippen molar-refractivity contribution in [3.8, 4) is 5.75 Å². The van der Waals surface area contributed by atoms with Crippen LogP contribution in [0.2, 0.25) is 0 Å². The highest BCUT2D eigenvalue weighted by molar-refractivity contribution is 14.1. The van der Waals surface area contributed by atoms with Gasteiger partial charge in [-0.15, -0.1) is 0 Å². The summed E-state index contributed by atoms with van der Waals surface area (Å²) in [5.74, 6) is 0.526. The van der Waals surface area contributed by atoms with E-state index in [-0.39, 0.29) is 5.91 Å². The third-order valence-electron chi connectivity index (χ3n) is 2.54. The Hall–Kier alpha value is -1.56. The average molecular weight is 367 g/mol. The van der Waals surface area contributed by atoms with E-state index in [1.165, 1.54) is 0 Å². The molecule has 2 aromatic rings. The Bertz CT molecular complexity index is 540. The predicted molar refractivity (Wildman–Crippen MR) is 84.3 cm³/mol. The largest absolute Gasteiger partial charge is 0.481 e. The maximum atomic E-state index is 12.0. The van der Waals surface area contributed by atoms with Crippen LogP contribution in [0.1, 0.15) is 6.92 Å². The van der Waals surface area contributed by atoms with Crippen LogP contribution in [0, 0.1) is 3.57 Å². The van der Waals surface area contributed by atoms with Crippen LogP contribution < -0.4 is 10.1 Å². The number of nitrogens with one attached hydrogen (secondary N) is 1. The van der Waals surface area contributed by atoms with Gasteiger partial charge in [-0.25, -0.2) is 0 Å². The average Bonchev–Trinajstić information content (AvgIpc) is 2.42. The fraction of sp³-hybridized carbons (Fsp3) is 0.133. The Morgan fingerprint density at radius 1 is 1.11 bits per heavy atom. The van der Waals surface area contributed by atoms with Crippen LogP contribution in [0.3, 0.4) is 0 Å².